The molecule has 62 valence electrons. The number of aromatic nitrogens is 1. The molecule has 2 N–H and O–H groups in total. The van der Waals surface area contributed by atoms with Gasteiger partial charge in [0.25, 0.3) is 0 Å². The average molecular weight is 203 g/mol. The first-order chi connectivity index (χ1) is 5.70. The van der Waals surface area contributed by atoms with E-state index in [1.54, 1.807) is 6.07 Å². The molecule has 0 unspecified atom stereocenters. The van der Waals surface area contributed by atoms with Gasteiger partial charge in [-0.15, -0.1) is 0 Å². The van der Waals surface area contributed by atoms with E-state index in [-0.39, 0.29) is 0 Å². The molecule has 0 aliphatic rings. The Morgan fingerprint density at radius 1 is 1.33 bits per heavy atom. The largest absolute Gasteiger partial charge is 0.441 e. The van der Waals surface area contributed by atoms with Gasteiger partial charge in [0, 0.05) is 0 Å². The van der Waals surface area contributed by atoms with Crippen molar-refractivity contribution in [3.63, 3.8) is 0 Å². The van der Waals surface area contributed by atoms with E-state index in [2.05, 4.69) is 4.98 Å². The van der Waals surface area contributed by atoms with Crippen molar-refractivity contribution in [3.8, 4) is 0 Å². The molecule has 0 saturated heterocycles. The van der Waals surface area contributed by atoms with Crippen LogP contribution in [0.3, 0.4) is 0 Å². The van der Waals surface area contributed by atoms with E-state index in [0.717, 1.165) is 0 Å². The van der Waals surface area contributed by atoms with E-state index < -0.39 is 0 Å². The van der Waals surface area contributed by atoms with E-state index >= 15 is 0 Å². The fourth-order valence-corrected chi connectivity index (χ4v) is 1.47. The van der Waals surface area contributed by atoms with Gasteiger partial charge in [-0.1, -0.05) is 23.2 Å². The quantitative estimate of drug-likeness (QED) is 0.669. The van der Waals surface area contributed by atoms with Crippen molar-refractivity contribution in [1.29, 1.82) is 0 Å². The van der Waals surface area contributed by atoms with Crippen LogP contribution in [0, 0.1) is 0 Å². The first-order valence-corrected chi connectivity index (χ1v) is 3.92. The number of nitrogens with two attached hydrogens (primary N) is 1. The first-order valence-electron chi connectivity index (χ1n) is 3.17. The molecule has 0 aliphatic heterocycles. The van der Waals surface area contributed by atoms with E-state index in [0.29, 0.717) is 26.8 Å². The lowest BCUT2D eigenvalue weighted by Crippen LogP contribution is -1.87. The Labute approximate surface area is 78.1 Å². The molecule has 0 atom stereocenters. The maximum atomic E-state index is 5.81. The van der Waals surface area contributed by atoms with Crippen LogP contribution in [0.15, 0.2) is 16.9 Å². The standard InChI is InChI=1S/C7H4Cl2N2O/c8-3-1-4(9)6-7(5(3)10)12-2-11-6/h1-2H,10H2. The minimum Gasteiger partial charge on any atom is -0.441 e. The molecule has 12 heavy (non-hydrogen) atoms. The summed E-state index contributed by atoms with van der Waals surface area (Å²) in [7, 11) is 0. The molecular formula is C7H4Cl2N2O. The second-order valence-corrected chi connectivity index (χ2v) is 3.10. The van der Waals surface area contributed by atoms with Crippen molar-refractivity contribution in [2.45, 2.75) is 0 Å². The van der Waals surface area contributed by atoms with Crippen LogP contribution in [0.4, 0.5) is 5.69 Å². The Bertz CT molecular complexity index is 438. The highest BCUT2D eigenvalue weighted by atomic mass is 35.5. The molecule has 0 radical (unpaired) electrons. The van der Waals surface area contributed by atoms with Crippen molar-refractivity contribution in [3.05, 3.63) is 22.5 Å². The number of rotatable bonds is 0. The number of nitrogen functional groups attached to an aromatic ring is 1. The molecule has 1 aromatic heterocycles. The molecule has 0 saturated carbocycles. The summed E-state index contributed by atoms with van der Waals surface area (Å²) in [5.74, 6) is 0. The fourth-order valence-electron chi connectivity index (χ4n) is 0.973. The van der Waals surface area contributed by atoms with Gasteiger partial charge in [0.05, 0.1) is 15.7 Å². The SMILES string of the molecule is Nc1c(Cl)cc(Cl)c2ncoc12. The summed E-state index contributed by atoms with van der Waals surface area (Å²) in [6.45, 7) is 0. The van der Waals surface area contributed by atoms with Crippen LogP contribution in [0.1, 0.15) is 0 Å². The zero-order valence-electron chi connectivity index (χ0n) is 5.84. The maximum absolute atomic E-state index is 5.81. The number of hydrogen-bond acceptors (Lipinski definition) is 3. The van der Waals surface area contributed by atoms with Gasteiger partial charge in [-0.3, -0.25) is 0 Å². The van der Waals surface area contributed by atoms with Gasteiger partial charge in [-0.2, -0.15) is 0 Å². The third kappa shape index (κ3) is 0.940. The molecule has 0 amide bonds. The topological polar surface area (TPSA) is 52.0 Å². The van der Waals surface area contributed by atoms with Gasteiger partial charge in [-0.25, -0.2) is 4.98 Å². The Morgan fingerprint density at radius 3 is 2.83 bits per heavy atom. The summed E-state index contributed by atoms with van der Waals surface area (Å²) in [6.07, 6.45) is 1.28. The molecule has 2 aromatic rings. The number of fused-ring (bicyclic) bond motifs is 1. The lowest BCUT2D eigenvalue weighted by Gasteiger charge is -1.98. The summed E-state index contributed by atoms with van der Waals surface area (Å²) < 4.78 is 5.01. The highest BCUT2D eigenvalue weighted by molar-refractivity contribution is 6.40. The van der Waals surface area contributed by atoms with Crippen molar-refractivity contribution in [2.75, 3.05) is 5.73 Å². The zero-order valence-corrected chi connectivity index (χ0v) is 7.36. The highest BCUT2D eigenvalue weighted by Crippen LogP contribution is 2.33. The Kier molecular flexibility index (Phi) is 1.63. The van der Waals surface area contributed by atoms with Gasteiger partial charge < -0.3 is 10.2 Å². The molecule has 0 bridgehead atoms. The second-order valence-electron chi connectivity index (χ2n) is 2.28. The summed E-state index contributed by atoms with van der Waals surface area (Å²) >= 11 is 11.6. The number of benzene rings is 1. The summed E-state index contributed by atoms with van der Waals surface area (Å²) in [6, 6.07) is 1.54. The zero-order chi connectivity index (χ0) is 8.72. The molecule has 0 fully saturated rings. The normalized spacial score (nSPS) is 10.8. The van der Waals surface area contributed by atoms with Crippen molar-refractivity contribution in [1.82, 2.24) is 4.98 Å². The Balaban J connectivity index is 2.97. The predicted octanol–water partition coefficient (Wildman–Crippen LogP) is 2.72. The lowest BCUT2D eigenvalue weighted by molar-refractivity contribution is 0.603. The van der Waals surface area contributed by atoms with Crippen LogP contribution < -0.4 is 5.73 Å². The van der Waals surface area contributed by atoms with E-state index in [9.17, 15) is 0 Å². The van der Waals surface area contributed by atoms with Gasteiger partial charge >= 0.3 is 0 Å². The predicted molar refractivity (Wildman–Crippen MR) is 48.4 cm³/mol. The fraction of sp³-hybridized carbons (Fsp3) is 0. The Morgan fingerprint density at radius 2 is 2.08 bits per heavy atom. The summed E-state index contributed by atoms with van der Waals surface area (Å²) in [5.41, 5.74) is 6.95. The third-order valence-electron chi connectivity index (χ3n) is 1.55. The highest BCUT2D eigenvalue weighted by Gasteiger charge is 2.10. The molecule has 5 heteroatoms. The van der Waals surface area contributed by atoms with Gasteiger partial charge in [0.2, 0.25) is 0 Å². The van der Waals surface area contributed by atoms with Crippen molar-refractivity contribution in [2.24, 2.45) is 0 Å². The molecular weight excluding hydrogens is 199 g/mol. The van der Waals surface area contributed by atoms with Gasteiger partial charge in [0.1, 0.15) is 5.52 Å². The molecule has 1 heterocycles. The van der Waals surface area contributed by atoms with Crippen LogP contribution in [-0.4, -0.2) is 4.98 Å². The van der Waals surface area contributed by atoms with Gasteiger partial charge in [-0.05, 0) is 6.07 Å². The maximum Gasteiger partial charge on any atom is 0.182 e. The van der Waals surface area contributed by atoms with Crippen molar-refractivity contribution < 1.29 is 4.42 Å². The Hall–Kier alpha value is -0.930. The van der Waals surface area contributed by atoms with Crippen LogP contribution in [0.5, 0.6) is 0 Å². The smallest absolute Gasteiger partial charge is 0.182 e. The van der Waals surface area contributed by atoms with Gasteiger partial charge in [0.15, 0.2) is 12.0 Å². The molecule has 3 nitrogen and oxygen atoms in total. The molecule has 2 rings (SSSR count). The summed E-state index contributed by atoms with van der Waals surface area (Å²) in [4.78, 5) is 3.88. The molecule has 0 aliphatic carbocycles. The number of anilines is 1. The number of oxazole rings is 1. The second kappa shape index (κ2) is 2.54. The van der Waals surface area contributed by atoms with E-state index in [1.165, 1.54) is 6.39 Å². The number of hydrogen-bond donors (Lipinski definition) is 1. The first kappa shape index (κ1) is 7.71. The van der Waals surface area contributed by atoms with E-state index in [4.69, 9.17) is 33.4 Å². The average Bonchev–Trinajstić information content (AvgIpc) is 2.48. The van der Waals surface area contributed by atoms with Crippen LogP contribution >= 0.6 is 23.2 Å². The molecule has 0 spiro atoms. The number of halogens is 2. The van der Waals surface area contributed by atoms with E-state index in [1.807, 2.05) is 0 Å². The molecule has 1 aromatic carbocycles. The summed E-state index contributed by atoms with van der Waals surface area (Å²) in [5, 5.41) is 0.821. The monoisotopic (exact) mass is 202 g/mol. The van der Waals surface area contributed by atoms with Crippen LogP contribution in [-0.2, 0) is 0 Å². The lowest BCUT2D eigenvalue weighted by atomic mass is 10.3. The minimum atomic E-state index is 0.369. The van der Waals surface area contributed by atoms with Crippen LogP contribution in [0.2, 0.25) is 10.0 Å². The minimum absolute atomic E-state index is 0.369. The third-order valence-corrected chi connectivity index (χ3v) is 2.15. The number of nitrogens with zero attached hydrogens (tertiary/aromatic N) is 1. The van der Waals surface area contributed by atoms with Crippen LogP contribution in [0.25, 0.3) is 11.1 Å². The van der Waals surface area contributed by atoms with Crippen molar-refractivity contribution >= 4 is 40.0 Å².